The van der Waals surface area contributed by atoms with Crippen LogP contribution >= 0.6 is 34.0 Å². The number of nitrogens with zero attached hydrogens (tertiary/aromatic N) is 3. The lowest BCUT2D eigenvalue weighted by Gasteiger charge is -2.32. The van der Waals surface area contributed by atoms with Crippen molar-refractivity contribution in [2.45, 2.75) is 19.3 Å². The molecule has 0 saturated heterocycles. The van der Waals surface area contributed by atoms with Gasteiger partial charge in [0.15, 0.2) is 0 Å². The Morgan fingerprint density at radius 3 is 1.04 bits per heavy atom. The normalized spacial score (nSPS) is 12.4. The molecule has 0 atom stereocenters. The molecule has 13 aromatic rings. The Kier molecular flexibility index (Phi) is 11.8. The van der Waals surface area contributed by atoms with E-state index in [4.69, 9.17) is 0 Å². The summed E-state index contributed by atoms with van der Waals surface area (Å²) in [5.74, 6) is 0. The lowest BCUT2D eigenvalue weighted by Crippen LogP contribution is -2.17. The Morgan fingerprint density at radius 2 is 0.623 bits per heavy atom. The summed E-state index contributed by atoms with van der Waals surface area (Å²) < 4.78 is 0. The van der Waals surface area contributed by atoms with Crippen LogP contribution in [0.1, 0.15) is 25.0 Å². The van der Waals surface area contributed by atoms with Gasteiger partial charge in [-0.15, -0.1) is 34.0 Å². The van der Waals surface area contributed by atoms with Crippen LogP contribution in [0.25, 0.3) is 66.1 Å². The zero-order chi connectivity index (χ0) is 51.5. The Morgan fingerprint density at radius 1 is 0.273 bits per heavy atom. The fraction of sp³-hybridized carbons (Fsp3) is 0.0423. The average Bonchev–Trinajstić information content (AvgIpc) is 4.37. The zero-order valence-corrected chi connectivity index (χ0v) is 45.0. The van der Waals surface area contributed by atoms with E-state index in [0.29, 0.717) is 0 Å². The van der Waals surface area contributed by atoms with Crippen LogP contribution in [0.4, 0.5) is 49.1 Å². The molecule has 10 aromatic carbocycles. The summed E-state index contributed by atoms with van der Waals surface area (Å²) in [7, 11) is 0. The van der Waals surface area contributed by atoms with Gasteiger partial charge in [0, 0.05) is 49.7 Å². The Balaban J connectivity index is 1.01. The van der Waals surface area contributed by atoms with Gasteiger partial charge in [0.25, 0.3) is 0 Å². The number of fused-ring (bicyclic) bond motifs is 5. The molecule has 3 heterocycles. The third-order valence-corrected chi connectivity index (χ3v) is 17.9. The first-order chi connectivity index (χ1) is 38.0. The molecule has 3 aromatic heterocycles. The maximum Gasteiger partial charge on any atom is 0.0999 e. The van der Waals surface area contributed by atoms with Gasteiger partial charge in [0.2, 0.25) is 0 Å². The predicted octanol–water partition coefficient (Wildman–Crippen LogP) is 21.9. The Labute approximate surface area is 462 Å². The van der Waals surface area contributed by atoms with Gasteiger partial charge in [-0.05, 0) is 169 Å². The molecule has 0 spiro atoms. The molecule has 3 nitrogen and oxygen atoms in total. The van der Waals surface area contributed by atoms with Gasteiger partial charge in [0.1, 0.15) is 0 Å². The Hall–Kier alpha value is -8.78. The van der Waals surface area contributed by atoms with Crippen LogP contribution in [-0.2, 0) is 5.41 Å². The highest BCUT2D eigenvalue weighted by atomic mass is 32.1. The number of hydrogen-bond acceptors (Lipinski definition) is 6. The molecule has 0 N–H and O–H groups in total. The van der Waals surface area contributed by atoms with E-state index in [1.807, 2.05) is 0 Å². The molecule has 0 aliphatic heterocycles. The molecule has 0 amide bonds. The van der Waals surface area contributed by atoms with Crippen LogP contribution in [-0.4, -0.2) is 0 Å². The van der Waals surface area contributed by atoms with E-state index in [1.165, 1.54) is 82.2 Å². The summed E-state index contributed by atoms with van der Waals surface area (Å²) in [5.41, 5.74) is 18.8. The van der Waals surface area contributed by atoms with Gasteiger partial charge in [-0.2, -0.15) is 0 Å². The topological polar surface area (TPSA) is 9.72 Å². The van der Waals surface area contributed by atoms with E-state index in [0.717, 1.165) is 44.1 Å². The maximum absolute atomic E-state index is 2.55. The molecule has 0 fully saturated rings. The highest BCUT2D eigenvalue weighted by molar-refractivity contribution is 7.15. The average molecular weight is 1040 g/mol. The van der Waals surface area contributed by atoms with Crippen molar-refractivity contribution in [2.24, 2.45) is 0 Å². The monoisotopic (exact) mass is 1040 g/mol. The molecule has 368 valence electrons. The molecule has 0 unspecified atom stereocenters. The van der Waals surface area contributed by atoms with Crippen molar-refractivity contribution in [2.75, 3.05) is 14.7 Å². The van der Waals surface area contributed by atoms with Crippen molar-refractivity contribution in [3.63, 3.8) is 0 Å². The van der Waals surface area contributed by atoms with E-state index in [2.05, 4.69) is 299 Å². The van der Waals surface area contributed by atoms with Crippen LogP contribution in [0.3, 0.4) is 0 Å². The van der Waals surface area contributed by atoms with E-state index >= 15 is 0 Å². The summed E-state index contributed by atoms with van der Waals surface area (Å²) in [6.07, 6.45) is 0. The van der Waals surface area contributed by atoms with Crippen LogP contribution in [0.2, 0.25) is 0 Å². The standard InChI is InChI=1S/C71H51N3S3/c1-71(2)64-45-57(72(66-25-14-42-75-66)54-34-28-51(29-35-54)48-17-6-3-7-18-48)40-41-58(64)61-46-62-63(47-65(61)71)70(74(68-27-16-44-77-68)56-38-32-53(33-39-56)50-21-10-5-11-22-50)60-24-13-12-23-59(60)69(62)73(67-26-15-43-76-67)55-36-30-52(31-37-55)49-19-8-4-9-20-49/h3-47H,1-2H3. The smallest absolute Gasteiger partial charge is 0.0999 e. The second kappa shape index (κ2) is 19.4. The minimum Gasteiger partial charge on any atom is -0.302 e. The third-order valence-electron chi connectivity index (χ3n) is 15.3. The molecule has 14 rings (SSSR count). The lowest BCUT2D eigenvalue weighted by atomic mass is 9.81. The summed E-state index contributed by atoms with van der Waals surface area (Å²) >= 11 is 5.31. The summed E-state index contributed by atoms with van der Waals surface area (Å²) in [6.45, 7) is 4.84. The molecular formula is C71H51N3S3. The molecule has 0 radical (unpaired) electrons. The maximum atomic E-state index is 2.55. The predicted molar refractivity (Wildman–Crippen MR) is 333 cm³/mol. The van der Waals surface area contributed by atoms with E-state index in [-0.39, 0.29) is 5.41 Å². The second-order valence-electron chi connectivity index (χ2n) is 20.1. The van der Waals surface area contributed by atoms with Crippen LogP contribution < -0.4 is 14.7 Å². The summed E-state index contributed by atoms with van der Waals surface area (Å²) in [5, 5.41) is 14.8. The van der Waals surface area contributed by atoms with Gasteiger partial charge < -0.3 is 14.7 Å². The van der Waals surface area contributed by atoms with Crippen molar-refractivity contribution >= 4 is 105 Å². The number of hydrogen-bond donors (Lipinski definition) is 0. The molecule has 1 aliphatic carbocycles. The number of anilines is 9. The van der Waals surface area contributed by atoms with Crippen molar-refractivity contribution in [1.29, 1.82) is 0 Å². The number of benzene rings is 10. The number of thiophene rings is 3. The van der Waals surface area contributed by atoms with Crippen LogP contribution in [0.5, 0.6) is 0 Å². The largest absolute Gasteiger partial charge is 0.302 e. The lowest BCUT2D eigenvalue weighted by molar-refractivity contribution is 0.661. The van der Waals surface area contributed by atoms with Gasteiger partial charge in [0.05, 0.1) is 26.4 Å². The SMILES string of the molecule is CC1(C)c2cc(N(c3ccc(-c4ccccc4)cc3)c3cccs3)ccc2-c2cc3c(N(c4ccc(-c5ccccc5)cc4)c4cccs4)c4ccccc4c(N(c4ccc(-c5ccccc5)cc4)c4cccs4)c3cc21. The van der Waals surface area contributed by atoms with E-state index < -0.39 is 0 Å². The van der Waals surface area contributed by atoms with Crippen LogP contribution in [0.15, 0.2) is 271 Å². The molecule has 0 bridgehead atoms. The second-order valence-corrected chi connectivity index (χ2v) is 22.9. The minimum absolute atomic E-state index is 0.345. The van der Waals surface area contributed by atoms with Gasteiger partial charge in [-0.25, -0.2) is 0 Å². The van der Waals surface area contributed by atoms with Gasteiger partial charge in [-0.1, -0.05) is 172 Å². The summed E-state index contributed by atoms with van der Waals surface area (Å²) in [6, 6.07) is 93.9. The summed E-state index contributed by atoms with van der Waals surface area (Å²) in [4.78, 5) is 7.44. The van der Waals surface area contributed by atoms with E-state index in [9.17, 15) is 0 Å². The minimum atomic E-state index is -0.345. The number of rotatable bonds is 12. The first-order valence-corrected chi connectivity index (χ1v) is 28.8. The first-order valence-electron chi connectivity index (χ1n) is 26.1. The molecule has 0 saturated carbocycles. The molecule has 1 aliphatic rings. The fourth-order valence-electron chi connectivity index (χ4n) is 11.6. The Bertz CT molecular complexity index is 4190. The third kappa shape index (κ3) is 8.25. The van der Waals surface area contributed by atoms with E-state index in [1.54, 1.807) is 34.0 Å². The molecule has 6 heteroatoms. The van der Waals surface area contributed by atoms with Gasteiger partial charge >= 0.3 is 0 Å². The zero-order valence-electron chi connectivity index (χ0n) is 42.5. The first kappa shape index (κ1) is 46.7. The molecule has 77 heavy (non-hydrogen) atoms. The van der Waals surface area contributed by atoms with Crippen molar-refractivity contribution in [3.05, 3.63) is 282 Å². The fourth-order valence-corrected chi connectivity index (χ4v) is 13.9. The van der Waals surface area contributed by atoms with Crippen LogP contribution in [0, 0.1) is 0 Å². The highest BCUT2D eigenvalue weighted by Crippen LogP contribution is 2.58. The van der Waals surface area contributed by atoms with Crippen molar-refractivity contribution < 1.29 is 0 Å². The van der Waals surface area contributed by atoms with Crippen molar-refractivity contribution in [3.8, 4) is 44.5 Å². The quantitative estimate of drug-likeness (QED) is 0.0892. The molecular weight excluding hydrogens is 991 g/mol. The highest BCUT2D eigenvalue weighted by Gasteiger charge is 2.38. The van der Waals surface area contributed by atoms with Gasteiger partial charge in [-0.3, -0.25) is 0 Å². The van der Waals surface area contributed by atoms with Crippen molar-refractivity contribution in [1.82, 2.24) is 0 Å².